The van der Waals surface area contributed by atoms with E-state index in [1.165, 1.54) is 0 Å². The van der Waals surface area contributed by atoms with E-state index in [4.69, 9.17) is 4.74 Å². The molecule has 10 heavy (non-hydrogen) atoms. The standard InChI is InChI=1S/C8H10NO/c1-7(2)10-8-3-5-9-6-4-8/h3-7H,1H2,2H3. The maximum absolute atomic E-state index is 5.26. The molecule has 1 unspecified atom stereocenters. The molecule has 0 amide bonds. The van der Waals surface area contributed by atoms with Crippen molar-refractivity contribution in [3.63, 3.8) is 0 Å². The van der Waals surface area contributed by atoms with Gasteiger partial charge in [0.1, 0.15) is 5.75 Å². The summed E-state index contributed by atoms with van der Waals surface area (Å²) in [6.45, 7) is 5.58. The Labute approximate surface area is 60.9 Å². The monoisotopic (exact) mass is 136 g/mol. The number of nitrogens with zero attached hydrogens (tertiary/aromatic N) is 1. The van der Waals surface area contributed by atoms with Crippen molar-refractivity contribution >= 4 is 0 Å². The van der Waals surface area contributed by atoms with E-state index in [1.807, 2.05) is 19.1 Å². The third-order valence-electron chi connectivity index (χ3n) is 0.987. The zero-order valence-electron chi connectivity index (χ0n) is 5.95. The molecule has 1 aromatic rings. The summed E-state index contributed by atoms with van der Waals surface area (Å²) in [6.07, 6.45) is 3.37. The predicted octanol–water partition coefficient (Wildman–Crippen LogP) is 1.68. The van der Waals surface area contributed by atoms with Crippen LogP contribution in [0.2, 0.25) is 0 Å². The third-order valence-corrected chi connectivity index (χ3v) is 0.987. The summed E-state index contributed by atoms with van der Waals surface area (Å²) >= 11 is 0. The van der Waals surface area contributed by atoms with Crippen LogP contribution in [-0.2, 0) is 0 Å². The van der Waals surface area contributed by atoms with Crippen LogP contribution in [0.4, 0.5) is 0 Å². The van der Waals surface area contributed by atoms with Crippen LogP contribution in [-0.4, -0.2) is 11.1 Å². The Balaban J connectivity index is 2.59. The van der Waals surface area contributed by atoms with Gasteiger partial charge in [-0.15, -0.1) is 0 Å². The molecule has 0 fully saturated rings. The highest BCUT2D eigenvalue weighted by molar-refractivity contribution is 5.17. The molecule has 1 atom stereocenters. The average molecular weight is 136 g/mol. The second-order valence-corrected chi connectivity index (χ2v) is 2.11. The molecule has 0 aromatic carbocycles. The largest absolute Gasteiger partial charge is 0.491 e. The zero-order valence-corrected chi connectivity index (χ0v) is 5.95. The first kappa shape index (κ1) is 7.06. The van der Waals surface area contributed by atoms with Crippen molar-refractivity contribution in [1.29, 1.82) is 0 Å². The molecule has 1 radical (unpaired) electrons. The lowest BCUT2D eigenvalue weighted by molar-refractivity contribution is 0.267. The van der Waals surface area contributed by atoms with Crippen molar-refractivity contribution < 1.29 is 4.74 Å². The fourth-order valence-corrected chi connectivity index (χ4v) is 0.649. The smallest absolute Gasteiger partial charge is 0.122 e. The van der Waals surface area contributed by atoms with E-state index in [0.717, 1.165) is 5.75 Å². The van der Waals surface area contributed by atoms with Gasteiger partial charge in [0, 0.05) is 12.4 Å². The summed E-state index contributed by atoms with van der Waals surface area (Å²) in [5.74, 6) is 0.817. The van der Waals surface area contributed by atoms with Crippen molar-refractivity contribution in [2.45, 2.75) is 13.0 Å². The molecule has 1 heterocycles. The molecule has 53 valence electrons. The minimum absolute atomic E-state index is 0.0117. The molecule has 0 bridgehead atoms. The summed E-state index contributed by atoms with van der Waals surface area (Å²) in [5.41, 5.74) is 0. The second-order valence-electron chi connectivity index (χ2n) is 2.11. The first-order chi connectivity index (χ1) is 4.79. The van der Waals surface area contributed by atoms with Crippen molar-refractivity contribution in [2.24, 2.45) is 0 Å². The molecule has 0 saturated heterocycles. The van der Waals surface area contributed by atoms with Crippen LogP contribution < -0.4 is 4.74 Å². The summed E-state index contributed by atoms with van der Waals surface area (Å²) in [6, 6.07) is 3.61. The van der Waals surface area contributed by atoms with Crippen LogP contribution in [0.1, 0.15) is 6.92 Å². The summed E-state index contributed by atoms with van der Waals surface area (Å²) in [5, 5.41) is 0. The lowest BCUT2D eigenvalue weighted by atomic mass is 10.4. The van der Waals surface area contributed by atoms with Gasteiger partial charge in [0.15, 0.2) is 0 Å². The molecule has 0 saturated carbocycles. The number of pyridine rings is 1. The molecule has 0 aliphatic heterocycles. The molecule has 0 N–H and O–H groups in total. The zero-order chi connectivity index (χ0) is 7.40. The minimum Gasteiger partial charge on any atom is -0.491 e. The first-order valence-corrected chi connectivity index (χ1v) is 3.19. The van der Waals surface area contributed by atoms with Gasteiger partial charge in [-0.3, -0.25) is 4.98 Å². The molecule has 0 spiro atoms. The highest BCUT2D eigenvalue weighted by Crippen LogP contribution is 2.08. The van der Waals surface area contributed by atoms with Crippen molar-refractivity contribution in [2.75, 3.05) is 0 Å². The Morgan fingerprint density at radius 3 is 2.60 bits per heavy atom. The maximum Gasteiger partial charge on any atom is 0.122 e. The Hall–Kier alpha value is -1.05. The number of rotatable bonds is 2. The van der Waals surface area contributed by atoms with Gasteiger partial charge in [-0.1, -0.05) is 0 Å². The predicted molar refractivity (Wildman–Crippen MR) is 39.7 cm³/mol. The van der Waals surface area contributed by atoms with E-state index < -0.39 is 0 Å². The van der Waals surface area contributed by atoms with Gasteiger partial charge >= 0.3 is 0 Å². The summed E-state index contributed by atoms with van der Waals surface area (Å²) in [7, 11) is 0. The lowest BCUT2D eigenvalue weighted by Gasteiger charge is -2.07. The van der Waals surface area contributed by atoms with Crippen LogP contribution in [0, 0.1) is 6.92 Å². The number of hydrogen-bond acceptors (Lipinski definition) is 2. The van der Waals surface area contributed by atoms with Gasteiger partial charge in [-0.25, -0.2) is 0 Å². The number of hydrogen-bond donors (Lipinski definition) is 0. The molecule has 0 aliphatic carbocycles. The second kappa shape index (κ2) is 3.20. The van der Waals surface area contributed by atoms with Crippen molar-refractivity contribution in [3.05, 3.63) is 31.5 Å². The summed E-state index contributed by atoms with van der Waals surface area (Å²) in [4.78, 5) is 3.85. The van der Waals surface area contributed by atoms with Gasteiger partial charge in [-0.05, 0) is 26.0 Å². The molecule has 1 aromatic heterocycles. The van der Waals surface area contributed by atoms with Crippen LogP contribution >= 0.6 is 0 Å². The first-order valence-electron chi connectivity index (χ1n) is 3.19. The SMILES string of the molecule is [CH2]C(C)Oc1ccncc1. The Kier molecular flexibility index (Phi) is 2.26. The molecular weight excluding hydrogens is 126 g/mol. The lowest BCUT2D eigenvalue weighted by Crippen LogP contribution is -2.05. The van der Waals surface area contributed by atoms with Gasteiger partial charge in [0.05, 0.1) is 6.10 Å². The normalized spacial score (nSPS) is 9.90. The average Bonchev–Trinajstić information content (AvgIpc) is 1.88. The molecule has 2 nitrogen and oxygen atoms in total. The van der Waals surface area contributed by atoms with E-state index >= 15 is 0 Å². The van der Waals surface area contributed by atoms with E-state index in [1.54, 1.807) is 12.4 Å². The fraction of sp³-hybridized carbons (Fsp3) is 0.250. The van der Waals surface area contributed by atoms with E-state index in [-0.39, 0.29) is 6.10 Å². The highest BCUT2D eigenvalue weighted by atomic mass is 16.5. The Morgan fingerprint density at radius 1 is 1.50 bits per heavy atom. The van der Waals surface area contributed by atoms with Crippen molar-refractivity contribution in [1.82, 2.24) is 4.98 Å². The molecule has 1 rings (SSSR count). The topological polar surface area (TPSA) is 22.1 Å². The molecule has 0 aliphatic rings. The Morgan fingerprint density at radius 2 is 2.10 bits per heavy atom. The Bertz CT molecular complexity index is 184. The minimum atomic E-state index is -0.0117. The van der Waals surface area contributed by atoms with Crippen LogP contribution in [0.3, 0.4) is 0 Å². The van der Waals surface area contributed by atoms with E-state index in [2.05, 4.69) is 11.9 Å². The number of aromatic nitrogens is 1. The van der Waals surface area contributed by atoms with Gasteiger partial charge in [0.2, 0.25) is 0 Å². The third kappa shape index (κ3) is 2.05. The highest BCUT2D eigenvalue weighted by Gasteiger charge is 1.93. The van der Waals surface area contributed by atoms with Crippen LogP contribution in [0.5, 0.6) is 5.75 Å². The molecule has 2 heteroatoms. The summed E-state index contributed by atoms with van der Waals surface area (Å²) < 4.78 is 5.26. The van der Waals surface area contributed by atoms with Gasteiger partial charge in [-0.2, -0.15) is 0 Å². The van der Waals surface area contributed by atoms with Crippen LogP contribution in [0.25, 0.3) is 0 Å². The van der Waals surface area contributed by atoms with Crippen LogP contribution in [0.15, 0.2) is 24.5 Å². The maximum atomic E-state index is 5.26. The van der Waals surface area contributed by atoms with Crippen molar-refractivity contribution in [3.8, 4) is 5.75 Å². The fourth-order valence-electron chi connectivity index (χ4n) is 0.649. The van der Waals surface area contributed by atoms with Gasteiger partial charge < -0.3 is 4.74 Å². The van der Waals surface area contributed by atoms with E-state index in [0.29, 0.717) is 0 Å². The van der Waals surface area contributed by atoms with Gasteiger partial charge in [0.25, 0.3) is 0 Å². The molecular formula is C8H10NO. The number of ether oxygens (including phenoxy) is 1. The van der Waals surface area contributed by atoms with E-state index in [9.17, 15) is 0 Å². The quantitative estimate of drug-likeness (QED) is 0.617.